The molecule has 3 heteroatoms. The number of hydrogen-bond acceptors (Lipinski definition) is 2. The van der Waals surface area contributed by atoms with Crippen LogP contribution in [-0.4, -0.2) is 19.1 Å². The summed E-state index contributed by atoms with van der Waals surface area (Å²) in [5.74, 6) is 0.647. The van der Waals surface area contributed by atoms with Gasteiger partial charge in [0.05, 0.1) is 0 Å². The number of anilines is 1. The molecule has 0 bridgehead atoms. The van der Waals surface area contributed by atoms with Crippen molar-refractivity contribution in [1.29, 1.82) is 0 Å². The Labute approximate surface area is 112 Å². The van der Waals surface area contributed by atoms with Crippen LogP contribution in [0.25, 0.3) is 0 Å². The fourth-order valence-electron chi connectivity index (χ4n) is 2.65. The molecule has 0 saturated carbocycles. The fraction of sp³-hybridized carbons (Fsp3) is 0.571. The highest BCUT2D eigenvalue weighted by atomic mass is 79.9. The Balaban J connectivity index is 2.27. The molecule has 1 aromatic carbocycles. The maximum absolute atomic E-state index is 5.63. The van der Waals surface area contributed by atoms with Crippen LogP contribution < -0.4 is 10.6 Å². The van der Waals surface area contributed by atoms with Crippen molar-refractivity contribution >= 4 is 21.6 Å². The van der Waals surface area contributed by atoms with Gasteiger partial charge in [-0.25, -0.2) is 0 Å². The van der Waals surface area contributed by atoms with E-state index in [4.69, 9.17) is 5.73 Å². The lowest BCUT2D eigenvalue weighted by Gasteiger charge is -2.24. The number of nitrogens with two attached hydrogens (primary N) is 1. The highest BCUT2D eigenvalue weighted by molar-refractivity contribution is 9.10. The number of nitrogens with zero attached hydrogens (tertiary/aromatic N) is 1. The normalized spacial score (nSPS) is 18.9. The molecule has 1 aliphatic heterocycles. The van der Waals surface area contributed by atoms with Gasteiger partial charge in [0.25, 0.3) is 0 Å². The highest BCUT2D eigenvalue weighted by Gasteiger charge is 2.29. The number of fused-ring (bicyclic) bond motifs is 1. The summed E-state index contributed by atoms with van der Waals surface area (Å²) in [5.41, 5.74) is 8.52. The van der Waals surface area contributed by atoms with Crippen LogP contribution in [0.2, 0.25) is 0 Å². The highest BCUT2D eigenvalue weighted by Crippen LogP contribution is 2.40. The molecule has 1 aliphatic rings. The quantitative estimate of drug-likeness (QED) is 0.921. The molecule has 1 atom stereocenters. The van der Waals surface area contributed by atoms with E-state index in [1.807, 2.05) is 0 Å². The lowest BCUT2D eigenvalue weighted by molar-refractivity contribution is 0.588. The Bertz CT molecular complexity index is 390. The van der Waals surface area contributed by atoms with Crippen molar-refractivity contribution in [2.45, 2.75) is 38.6 Å². The van der Waals surface area contributed by atoms with Gasteiger partial charge in [0.2, 0.25) is 0 Å². The second-order valence-electron chi connectivity index (χ2n) is 5.08. The Morgan fingerprint density at radius 3 is 2.88 bits per heavy atom. The number of rotatable bonds is 4. The van der Waals surface area contributed by atoms with Gasteiger partial charge in [-0.1, -0.05) is 15.9 Å². The van der Waals surface area contributed by atoms with Crippen LogP contribution in [0.15, 0.2) is 22.7 Å². The molecule has 0 spiro atoms. The smallest absolute Gasteiger partial charge is 0.0405 e. The molecule has 2 N–H and O–H groups in total. The Kier molecular flexibility index (Phi) is 4.10. The van der Waals surface area contributed by atoms with Gasteiger partial charge in [0.15, 0.2) is 0 Å². The molecule has 0 aromatic heterocycles. The molecular formula is C14H21BrN2. The van der Waals surface area contributed by atoms with Gasteiger partial charge in [-0.05, 0) is 57.0 Å². The molecule has 1 unspecified atom stereocenters. The number of halogens is 1. The minimum Gasteiger partial charge on any atom is -0.368 e. The van der Waals surface area contributed by atoms with Crippen LogP contribution in [-0.2, 0) is 0 Å². The molecule has 0 saturated heterocycles. The van der Waals surface area contributed by atoms with Gasteiger partial charge < -0.3 is 10.6 Å². The first-order chi connectivity index (χ1) is 8.13. The van der Waals surface area contributed by atoms with Crippen molar-refractivity contribution in [2.24, 2.45) is 5.73 Å². The van der Waals surface area contributed by atoms with Gasteiger partial charge in [-0.2, -0.15) is 0 Å². The molecular weight excluding hydrogens is 276 g/mol. The van der Waals surface area contributed by atoms with E-state index in [0.717, 1.165) is 19.5 Å². The largest absolute Gasteiger partial charge is 0.368 e. The second kappa shape index (κ2) is 5.40. The zero-order chi connectivity index (χ0) is 12.4. The fourth-order valence-corrected chi connectivity index (χ4v) is 3.03. The lowest BCUT2D eigenvalue weighted by atomic mass is 9.96. The summed E-state index contributed by atoms with van der Waals surface area (Å²) in [6.07, 6.45) is 2.31. The van der Waals surface area contributed by atoms with E-state index in [9.17, 15) is 0 Å². The molecule has 2 nitrogen and oxygen atoms in total. The average molecular weight is 297 g/mol. The zero-order valence-corrected chi connectivity index (χ0v) is 12.2. The van der Waals surface area contributed by atoms with Crippen molar-refractivity contribution in [3.8, 4) is 0 Å². The van der Waals surface area contributed by atoms with E-state index in [0.29, 0.717) is 12.0 Å². The summed E-state index contributed by atoms with van der Waals surface area (Å²) >= 11 is 3.57. The molecule has 1 aromatic rings. The summed E-state index contributed by atoms with van der Waals surface area (Å²) in [4.78, 5) is 2.50. The minimum atomic E-state index is 0.567. The molecule has 94 valence electrons. The first kappa shape index (κ1) is 12.9. The van der Waals surface area contributed by atoms with Crippen LogP contribution in [0.5, 0.6) is 0 Å². The third-order valence-electron chi connectivity index (χ3n) is 3.54. The van der Waals surface area contributed by atoms with Crippen molar-refractivity contribution in [1.82, 2.24) is 0 Å². The first-order valence-electron chi connectivity index (χ1n) is 6.39. The topological polar surface area (TPSA) is 29.3 Å². The average Bonchev–Trinajstić information content (AvgIpc) is 2.64. The number of benzene rings is 1. The SMILES string of the molecule is CC(C)N1CC(CCCN)c2cc(Br)ccc21. The van der Waals surface area contributed by atoms with Crippen molar-refractivity contribution in [2.75, 3.05) is 18.0 Å². The summed E-state index contributed by atoms with van der Waals surface area (Å²) in [6, 6.07) is 7.22. The van der Waals surface area contributed by atoms with E-state index in [2.05, 4.69) is 52.9 Å². The molecule has 0 radical (unpaired) electrons. The van der Waals surface area contributed by atoms with Crippen molar-refractivity contribution in [3.63, 3.8) is 0 Å². The van der Waals surface area contributed by atoms with Crippen LogP contribution in [0.1, 0.15) is 38.2 Å². The van der Waals surface area contributed by atoms with Crippen LogP contribution in [0, 0.1) is 0 Å². The van der Waals surface area contributed by atoms with E-state index in [-0.39, 0.29) is 0 Å². The molecule has 0 amide bonds. The predicted octanol–water partition coefficient (Wildman–Crippen LogP) is 3.50. The maximum Gasteiger partial charge on any atom is 0.0405 e. The maximum atomic E-state index is 5.63. The third kappa shape index (κ3) is 2.66. The standard InChI is InChI=1S/C14H21BrN2/c1-10(2)17-9-11(4-3-7-16)13-8-12(15)5-6-14(13)17/h5-6,8,10-11H,3-4,7,9,16H2,1-2H3. The molecule has 0 aliphatic carbocycles. The lowest BCUT2D eigenvalue weighted by Crippen LogP contribution is -2.29. The molecule has 0 fully saturated rings. The van der Waals surface area contributed by atoms with Crippen LogP contribution >= 0.6 is 15.9 Å². The van der Waals surface area contributed by atoms with Crippen molar-refractivity contribution in [3.05, 3.63) is 28.2 Å². The summed E-state index contributed by atoms with van der Waals surface area (Å²) in [7, 11) is 0. The van der Waals surface area contributed by atoms with Crippen LogP contribution in [0.3, 0.4) is 0 Å². The Morgan fingerprint density at radius 2 is 2.24 bits per heavy atom. The van der Waals surface area contributed by atoms with Gasteiger partial charge >= 0.3 is 0 Å². The summed E-state index contributed by atoms with van der Waals surface area (Å²) in [6.45, 7) is 6.46. The number of hydrogen-bond donors (Lipinski definition) is 1. The van der Waals surface area contributed by atoms with Crippen LogP contribution in [0.4, 0.5) is 5.69 Å². The van der Waals surface area contributed by atoms with E-state index in [1.54, 1.807) is 0 Å². The second-order valence-corrected chi connectivity index (χ2v) is 5.99. The van der Waals surface area contributed by atoms with E-state index < -0.39 is 0 Å². The molecule has 1 heterocycles. The van der Waals surface area contributed by atoms with Gasteiger partial charge in [-0.3, -0.25) is 0 Å². The third-order valence-corrected chi connectivity index (χ3v) is 4.03. The summed E-state index contributed by atoms with van der Waals surface area (Å²) in [5, 5.41) is 0. The monoisotopic (exact) mass is 296 g/mol. The van der Waals surface area contributed by atoms with Gasteiger partial charge in [0, 0.05) is 28.7 Å². The molecule has 2 rings (SSSR count). The summed E-state index contributed by atoms with van der Waals surface area (Å²) < 4.78 is 1.18. The first-order valence-corrected chi connectivity index (χ1v) is 7.19. The van der Waals surface area contributed by atoms with Gasteiger partial charge in [-0.15, -0.1) is 0 Å². The molecule has 17 heavy (non-hydrogen) atoms. The predicted molar refractivity (Wildman–Crippen MR) is 77.7 cm³/mol. The van der Waals surface area contributed by atoms with E-state index in [1.165, 1.54) is 22.1 Å². The van der Waals surface area contributed by atoms with Gasteiger partial charge in [0.1, 0.15) is 0 Å². The zero-order valence-electron chi connectivity index (χ0n) is 10.6. The Morgan fingerprint density at radius 1 is 1.47 bits per heavy atom. The van der Waals surface area contributed by atoms with E-state index >= 15 is 0 Å². The Hall–Kier alpha value is -0.540. The van der Waals surface area contributed by atoms with Crippen molar-refractivity contribution < 1.29 is 0 Å². The minimum absolute atomic E-state index is 0.567.